The molecule has 0 aromatic heterocycles. The van der Waals surface area contributed by atoms with E-state index in [-0.39, 0.29) is 5.75 Å². The van der Waals surface area contributed by atoms with Crippen LogP contribution in [0.15, 0.2) is 51.1 Å². The zero-order valence-corrected chi connectivity index (χ0v) is 11.8. The first-order valence-corrected chi connectivity index (χ1v) is 6.32. The fourth-order valence-electron chi connectivity index (χ4n) is 1.70. The van der Waals surface area contributed by atoms with Gasteiger partial charge in [-0.1, -0.05) is 22.0 Å². The summed E-state index contributed by atoms with van der Waals surface area (Å²) in [5.74, 6) is 0.117. The second-order valence-corrected chi connectivity index (χ2v) is 5.09. The Labute approximate surface area is 114 Å². The number of hydrogen-bond donors (Lipinski definition) is 1. The third-order valence-corrected chi connectivity index (χ3v) is 2.91. The molecule has 2 aromatic carbocycles. The number of aryl methyl sites for hydroxylation is 2. The van der Waals surface area contributed by atoms with E-state index in [2.05, 4.69) is 32.2 Å². The summed E-state index contributed by atoms with van der Waals surface area (Å²) >= 11 is 3.33. The lowest BCUT2D eigenvalue weighted by atomic mass is 10.1. The van der Waals surface area contributed by atoms with Crippen LogP contribution in [0.25, 0.3) is 0 Å². The molecule has 2 aromatic rings. The molecule has 0 atom stereocenters. The minimum atomic E-state index is 0.117. The third kappa shape index (κ3) is 3.17. The maximum Gasteiger partial charge on any atom is 0.143 e. The number of nitrogens with zero attached hydrogens (tertiary/aromatic N) is 2. The number of phenolic OH excluding ortho intramolecular Hbond substituents is 1. The maximum absolute atomic E-state index is 9.65. The van der Waals surface area contributed by atoms with Gasteiger partial charge in [-0.3, -0.25) is 0 Å². The van der Waals surface area contributed by atoms with Gasteiger partial charge in [-0.15, -0.1) is 5.11 Å². The Bertz CT molecular complexity index is 588. The van der Waals surface area contributed by atoms with Crippen molar-refractivity contribution in [2.45, 2.75) is 13.8 Å². The van der Waals surface area contributed by atoms with E-state index in [1.54, 1.807) is 18.2 Å². The minimum Gasteiger partial charge on any atom is -0.506 e. The molecule has 0 spiro atoms. The standard InChI is InChI=1S/C14H13BrN2O/c1-9-5-10(2)7-12(6-9)16-17-13-8-11(15)3-4-14(13)18/h3-8,18H,1-2H3. The van der Waals surface area contributed by atoms with Crippen molar-refractivity contribution in [3.05, 3.63) is 52.0 Å². The molecule has 2 rings (SSSR count). The van der Waals surface area contributed by atoms with Gasteiger partial charge in [0.05, 0.1) is 5.69 Å². The summed E-state index contributed by atoms with van der Waals surface area (Å²) < 4.78 is 0.856. The molecule has 1 N–H and O–H groups in total. The highest BCUT2D eigenvalue weighted by atomic mass is 79.9. The quantitative estimate of drug-likeness (QED) is 0.763. The molecule has 0 bridgehead atoms. The van der Waals surface area contributed by atoms with E-state index in [0.29, 0.717) is 5.69 Å². The molecule has 92 valence electrons. The number of benzene rings is 2. The highest BCUT2D eigenvalue weighted by Crippen LogP contribution is 2.31. The van der Waals surface area contributed by atoms with E-state index in [0.717, 1.165) is 21.3 Å². The topological polar surface area (TPSA) is 45.0 Å². The molecule has 18 heavy (non-hydrogen) atoms. The van der Waals surface area contributed by atoms with E-state index in [1.807, 2.05) is 26.0 Å². The Kier molecular flexibility index (Phi) is 3.77. The van der Waals surface area contributed by atoms with E-state index in [1.165, 1.54) is 0 Å². The van der Waals surface area contributed by atoms with Crippen molar-refractivity contribution in [1.29, 1.82) is 0 Å². The molecule has 0 aliphatic rings. The normalized spacial score (nSPS) is 11.1. The van der Waals surface area contributed by atoms with E-state index < -0.39 is 0 Å². The first-order chi connectivity index (χ1) is 8.54. The SMILES string of the molecule is Cc1cc(C)cc(N=Nc2cc(Br)ccc2O)c1. The Morgan fingerprint density at radius 3 is 2.28 bits per heavy atom. The number of azo groups is 1. The molecular formula is C14H13BrN2O. The molecule has 0 amide bonds. The van der Waals surface area contributed by atoms with Gasteiger partial charge in [-0.2, -0.15) is 5.11 Å². The van der Waals surface area contributed by atoms with Crippen LogP contribution in [0.5, 0.6) is 5.75 Å². The average molecular weight is 305 g/mol. The summed E-state index contributed by atoms with van der Waals surface area (Å²) in [6.45, 7) is 4.03. The van der Waals surface area contributed by atoms with Crippen molar-refractivity contribution in [2.75, 3.05) is 0 Å². The lowest BCUT2D eigenvalue weighted by molar-refractivity contribution is 0.476. The van der Waals surface area contributed by atoms with Crippen molar-refractivity contribution in [3.63, 3.8) is 0 Å². The molecule has 0 unspecified atom stereocenters. The van der Waals surface area contributed by atoms with Crippen LogP contribution in [0.2, 0.25) is 0 Å². The second kappa shape index (κ2) is 5.31. The monoisotopic (exact) mass is 304 g/mol. The highest BCUT2D eigenvalue weighted by molar-refractivity contribution is 9.10. The van der Waals surface area contributed by atoms with Gasteiger partial charge in [0.1, 0.15) is 11.4 Å². The van der Waals surface area contributed by atoms with Crippen LogP contribution in [-0.4, -0.2) is 5.11 Å². The van der Waals surface area contributed by atoms with Crippen LogP contribution in [-0.2, 0) is 0 Å². The predicted octanol–water partition coefficient (Wildman–Crippen LogP) is 5.19. The number of aromatic hydroxyl groups is 1. The summed E-state index contributed by atoms with van der Waals surface area (Å²) in [5.41, 5.74) is 3.51. The van der Waals surface area contributed by atoms with Gasteiger partial charge in [-0.25, -0.2) is 0 Å². The molecule has 0 saturated heterocycles. The summed E-state index contributed by atoms with van der Waals surface area (Å²) in [6, 6.07) is 11.0. The van der Waals surface area contributed by atoms with Crippen LogP contribution < -0.4 is 0 Å². The Morgan fingerprint density at radius 1 is 0.944 bits per heavy atom. The van der Waals surface area contributed by atoms with Gasteiger partial charge in [0.2, 0.25) is 0 Å². The average Bonchev–Trinajstić information content (AvgIpc) is 2.29. The Hall–Kier alpha value is -1.68. The number of hydrogen-bond acceptors (Lipinski definition) is 3. The summed E-state index contributed by atoms with van der Waals surface area (Å²) in [7, 11) is 0. The van der Waals surface area contributed by atoms with E-state index in [9.17, 15) is 5.11 Å². The molecule has 0 radical (unpaired) electrons. The molecule has 0 aliphatic heterocycles. The van der Waals surface area contributed by atoms with Gasteiger partial charge in [0.25, 0.3) is 0 Å². The van der Waals surface area contributed by atoms with E-state index >= 15 is 0 Å². The van der Waals surface area contributed by atoms with Crippen LogP contribution >= 0.6 is 15.9 Å². The Balaban J connectivity index is 2.32. The van der Waals surface area contributed by atoms with Crippen LogP contribution in [0.4, 0.5) is 11.4 Å². The smallest absolute Gasteiger partial charge is 0.143 e. The lowest BCUT2D eigenvalue weighted by Gasteiger charge is -2.00. The van der Waals surface area contributed by atoms with Crippen molar-refractivity contribution < 1.29 is 5.11 Å². The molecule has 4 heteroatoms. The van der Waals surface area contributed by atoms with Crippen LogP contribution in [0.1, 0.15) is 11.1 Å². The van der Waals surface area contributed by atoms with Gasteiger partial charge >= 0.3 is 0 Å². The summed E-state index contributed by atoms with van der Waals surface area (Å²) in [5, 5.41) is 17.9. The van der Waals surface area contributed by atoms with Gasteiger partial charge in [0.15, 0.2) is 0 Å². The number of rotatable bonds is 2. The molecule has 3 nitrogen and oxygen atoms in total. The number of halogens is 1. The zero-order chi connectivity index (χ0) is 13.1. The maximum atomic E-state index is 9.65. The second-order valence-electron chi connectivity index (χ2n) is 4.18. The highest BCUT2D eigenvalue weighted by Gasteiger charge is 2.00. The largest absolute Gasteiger partial charge is 0.506 e. The van der Waals surface area contributed by atoms with Gasteiger partial charge < -0.3 is 5.11 Å². The van der Waals surface area contributed by atoms with Crippen molar-refractivity contribution in [3.8, 4) is 5.75 Å². The zero-order valence-electron chi connectivity index (χ0n) is 10.2. The predicted molar refractivity (Wildman–Crippen MR) is 75.9 cm³/mol. The molecule has 0 saturated carbocycles. The fourth-order valence-corrected chi connectivity index (χ4v) is 2.05. The fraction of sp³-hybridized carbons (Fsp3) is 0.143. The molecule has 0 heterocycles. The van der Waals surface area contributed by atoms with Crippen LogP contribution in [0, 0.1) is 13.8 Å². The van der Waals surface area contributed by atoms with Crippen LogP contribution in [0.3, 0.4) is 0 Å². The first-order valence-electron chi connectivity index (χ1n) is 5.53. The van der Waals surface area contributed by atoms with Crippen molar-refractivity contribution >= 4 is 27.3 Å². The minimum absolute atomic E-state index is 0.117. The van der Waals surface area contributed by atoms with Gasteiger partial charge in [-0.05, 0) is 55.3 Å². The lowest BCUT2D eigenvalue weighted by Crippen LogP contribution is -1.75. The summed E-state index contributed by atoms with van der Waals surface area (Å²) in [4.78, 5) is 0. The van der Waals surface area contributed by atoms with Crippen molar-refractivity contribution in [2.24, 2.45) is 10.2 Å². The third-order valence-electron chi connectivity index (χ3n) is 2.42. The molecule has 0 aliphatic carbocycles. The number of phenols is 1. The Morgan fingerprint density at radius 2 is 1.61 bits per heavy atom. The van der Waals surface area contributed by atoms with E-state index in [4.69, 9.17) is 0 Å². The summed E-state index contributed by atoms with van der Waals surface area (Å²) in [6.07, 6.45) is 0. The molecular weight excluding hydrogens is 292 g/mol. The first kappa shape index (κ1) is 12.8. The molecule has 0 fully saturated rings. The van der Waals surface area contributed by atoms with Gasteiger partial charge in [0, 0.05) is 4.47 Å². The van der Waals surface area contributed by atoms with Crippen molar-refractivity contribution in [1.82, 2.24) is 0 Å².